The molecule has 2 atom stereocenters. The lowest BCUT2D eigenvalue weighted by Gasteiger charge is -2.41. The van der Waals surface area contributed by atoms with Gasteiger partial charge in [0.05, 0.1) is 40.0 Å². The number of imide groups is 2. The third kappa shape index (κ3) is 8.69. The summed E-state index contributed by atoms with van der Waals surface area (Å²) in [6, 6.07) is 14.1. The van der Waals surface area contributed by atoms with Gasteiger partial charge in [-0.05, 0) is 86.9 Å². The summed E-state index contributed by atoms with van der Waals surface area (Å²) >= 11 is 0. The highest BCUT2D eigenvalue weighted by atomic mass is 32.2. The second-order valence-electron chi connectivity index (χ2n) is 18.3. The lowest BCUT2D eigenvalue weighted by atomic mass is 9.79. The fraction of sp³-hybridized carbons (Fsp3) is 0.354. The van der Waals surface area contributed by atoms with Crippen molar-refractivity contribution in [3.63, 3.8) is 0 Å². The maximum atomic E-state index is 13.7. The van der Waals surface area contributed by atoms with Gasteiger partial charge in [0, 0.05) is 73.9 Å². The Hall–Kier alpha value is -7.33. The molecule has 10 rings (SSSR count). The van der Waals surface area contributed by atoms with Crippen molar-refractivity contribution in [1.82, 2.24) is 39.7 Å². The zero-order valence-electron chi connectivity index (χ0n) is 37.9. The van der Waals surface area contributed by atoms with Crippen LogP contribution in [0.2, 0.25) is 0 Å². The second-order valence-corrected chi connectivity index (χ2v) is 19.9. The quantitative estimate of drug-likeness (QED) is 0.0886. The number of hydrogen-bond donors (Lipinski definition) is 4. The van der Waals surface area contributed by atoms with E-state index in [0.717, 1.165) is 55.8 Å². The largest absolute Gasteiger partial charge is 0.484 e. The van der Waals surface area contributed by atoms with Crippen molar-refractivity contribution in [3.8, 4) is 28.1 Å². The van der Waals surface area contributed by atoms with Gasteiger partial charge in [-0.1, -0.05) is 24.3 Å². The second kappa shape index (κ2) is 18.2. The number of carbonyl (C=O) groups excluding carboxylic acids is 4. The number of hydrogen-bond acceptors (Lipinski definition) is 13. The molecule has 3 aliphatic heterocycles. The molecule has 0 spiro atoms. The number of benzene rings is 3. The molecule has 1 saturated carbocycles. The molecule has 6 aromatic rings. The van der Waals surface area contributed by atoms with Crippen molar-refractivity contribution in [2.24, 2.45) is 13.0 Å². The average Bonchev–Trinajstić information content (AvgIpc) is 4.02. The van der Waals surface area contributed by atoms with Crippen LogP contribution in [0.15, 0.2) is 79.3 Å². The Kier molecular flexibility index (Phi) is 12.1. The van der Waals surface area contributed by atoms with Crippen LogP contribution in [0, 0.1) is 11.7 Å². The maximum absolute atomic E-state index is 13.7. The lowest BCUT2D eigenvalue weighted by molar-refractivity contribution is -0.136. The van der Waals surface area contributed by atoms with E-state index in [9.17, 15) is 40.8 Å². The van der Waals surface area contributed by atoms with Crippen LogP contribution in [0.25, 0.3) is 33.3 Å². The Bertz CT molecular complexity index is 3190. The summed E-state index contributed by atoms with van der Waals surface area (Å²) < 4.78 is 76.9. The van der Waals surface area contributed by atoms with Crippen LogP contribution < -0.4 is 25.8 Å². The van der Waals surface area contributed by atoms with Crippen LogP contribution in [-0.2, 0) is 26.7 Å². The lowest BCUT2D eigenvalue weighted by Crippen LogP contribution is -2.54. The van der Waals surface area contributed by atoms with E-state index in [1.165, 1.54) is 42.5 Å². The molecule has 70 heavy (non-hydrogen) atoms. The molecule has 3 aromatic heterocycles. The topological polar surface area (TPSA) is 229 Å². The smallest absolute Gasteiger partial charge is 0.355 e. The number of sulfonamides is 1. The molecule has 3 aromatic carbocycles. The fourth-order valence-electron chi connectivity index (χ4n) is 10.1. The monoisotopic (exact) mass is 979 g/mol. The third-order valence-corrected chi connectivity index (χ3v) is 14.7. The Morgan fingerprint density at radius 2 is 1.69 bits per heavy atom. The van der Waals surface area contributed by atoms with Gasteiger partial charge in [0.25, 0.3) is 21.8 Å². The van der Waals surface area contributed by atoms with Gasteiger partial charge < -0.3 is 20.7 Å². The number of anilines is 3. The van der Waals surface area contributed by atoms with Crippen LogP contribution in [0.4, 0.5) is 30.4 Å². The summed E-state index contributed by atoms with van der Waals surface area (Å²) in [4.78, 5) is 59.1. The molecule has 6 heterocycles. The van der Waals surface area contributed by atoms with Crippen molar-refractivity contribution in [3.05, 3.63) is 102 Å². The van der Waals surface area contributed by atoms with E-state index in [1.807, 2.05) is 15.6 Å². The molecule has 4 amide bonds. The van der Waals surface area contributed by atoms with E-state index in [0.29, 0.717) is 44.9 Å². The first-order chi connectivity index (χ1) is 33.5. The molecule has 0 bridgehead atoms. The third-order valence-electron chi connectivity index (χ3n) is 13.7. The summed E-state index contributed by atoms with van der Waals surface area (Å²) in [5.74, 6) is -5.74. The highest BCUT2D eigenvalue weighted by Gasteiger charge is 2.46. The first-order valence-electron chi connectivity index (χ1n) is 22.9. The number of nitrogen functional groups attached to an aromatic ring is 1. The first-order valence-corrected chi connectivity index (χ1v) is 24.4. The minimum atomic E-state index is -5.07. The molecule has 2 saturated heterocycles. The van der Waals surface area contributed by atoms with Crippen LogP contribution in [-0.4, -0.2) is 104 Å². The number of fused-ring (bicyclic) bond motifs is 2. The SMILES string of the molecule is C[C@H](Oc1cc(-c2nn(C)c3c(-c4cnn(C5CCN(C[C@H]6C[C@H](Nc7cccc8c7C(=O)N(C7CCC(=O)NC7=O)C8=O)C6)CC5)c4)cnc(N)c23)ccc1NS(=O)(=O)C(F)F)c1ccc(F)cc1. The molecular weight excluding hydrogens is 932 g/mol. The predicted molar refractivity (Wildman–Crippen MR) is 252 cm³/mol. The van der Waals surface area contributed by atoms with E-state index in [4.69, 9.17) is 20.7 Å². The number of pyridine rings is 1. The van der Waals surface area contributed by atoms with E-state index in [1.54, 1.807) is 49.2 Å². The molecule has 18 nitrogen and oxygen atoms in total. The number of alkyl halides is 2. The van der Waals surface area contributed by atoms with Crippen molar-refractivity contribution >= 4 is 61.7 Å². The Labute approximate surface area is 399 Å². The minimum absolute atomic E-state index is 0.0553. The predicted octanol–water partition coefficient (Wildman–Crippen LogP) is 6.25. The van der Waals surface area contributed by atoms with Gasteiger partial charge in [-0.15, -0.1) is 0 Å². The van der Waals surface area contributed by atoms with Crippen LogP contribution in [0.5, 0.6) is 5.75 Å². The van der Waals surface area contributed by atoms with Crippen LogP contribution in [0.3, 0.4) is 0 Å². The molecular formula is C48H48F3N11O7S. The summed E-state index contributed by atoms with van der Waals surface area (Å²) in [5.41, 5.74) is 10.9. The van der Waals surface area contributed by atoms with E-state index >= 15 is 0 Å². The Balaban J connectivity index is 0.790. The zero-order valence-corrected chi connectivity index (χ0v) is 38.8. The molecule has 22 heteroatoms. The zero-order chi connectivity index (χ0) is 49.2. The number of aryl methyl sites for hydroxylation is 1. The number of ether oxygens (including phenoxy) is 1. The number of nitrogens with zero attached hydrogens (tertiary/aromatic N) is 7. The van der Waals surface area contributed by atoms with E-state index in [-0.39, 0.29) is 53.3 Å². The summed E-state index contributed by atoms with van der Waals surface area (Å²) in [6.45, 7) is 4.34. The van der Waals surface area contributed by atoms with Crippen molar-refractivity contribution in [2.45, 2.75) is 75.4 Å². The van der Waals surface area contributed by atoms with Gasteiger partial charge >= 0.3 is 5.76 Å². The first kappa shape index (κ1) is 46.4. The molecule has 364 valence electrons. The number of amides is 4. The van der Waals surface area contributed by atoms with Crippen molar-refractivity contribution in [1.29, 1.82) is 0 Å². The van der Waals surface area contributed by atoms with Gasteiger partial charge in [-0.25, -0.2) is 17.8 Å². The minimum Gasteiger partial charge on any atom is -0.484 e. The number of nitrogens with one attached hydrogen (secondary N) is 3. The van der Waals surface area contributed by atoms with Gasteiger partial charge in [0.2, 0.25) is 11.8 Å². The number of likely N-dealkylation sites (tertiary alicyclic amines) is 1. The fourth-order valence-corrected chi connectivity index (χ4v) is 10.6. The summed E-state index contributed by atoms with van der Waals surface area (Å²) in [7, 11) is -3.32. The highest BCUT2D eigenvalue weighted by molar-refractivity contribution is 7.93. The molecule has 0 radical (unpaired) electrons. The summed E-state index contributed by atoms with van der Waals surface area (Å²) in [6.07, 6.45) is 8.37. The van der Waals surface area contributed by atoms with E-state index < -0.39 is 57.4 Å². The molecule has 1 aliphatic carbocycles. The van der Waals surface area contributed by atoms with Gasteiger partial charge in [-0.2, -0.15) is 19.0 Å². The van der Waals surface area contributed by atoms with E-state index in [2.05, 4.69) is 20.5 Å². The number of halogens is 3. The number of piperidine rings is 2. The van der Waals surface area contributed by atoms with Crippen molar-refractivity contribution < 1.29 is 45.5 Å². The number of nitrogens with two attached hydrogens (primary N) is 1. The van der Waals surface area contributed by atoms with Gasteiger partial charge in [0.1, 0.15) is 35.2 Å². The number of carbonyl (C=O) groups is 4. The Morgan fingerprint density at radius 3 is 2.41 bits per heavy atom. The standard InChI is InChI=1S/C48H48F3N11O7S/c1-25(27-6-9-30(49)10-7-27)69-38-20-28(8-11-35(38)58-70(67,68)48(50)51)42-41-43(59(2)57-42)34(22-53-44(41)52)29-21-54-61(24-29)32-14-16-60(17-15-32)23-26-18-31(19-26)55-36-5-3-4-33-40(36)47(66)62(46(33)65)37-12-13-39(63)56-45(37)64/h3-11,20-22,24-26,31-32,37,48,55,58H,12-19,23H2,1-2H3,(H2,52,53)(H,56,63,64)/t25-,26-,31-,37?/m0/s1. The van der Waals surface area contributed by atoms with Crippen molar-refractivity contribution in [2.75, 3.05) is 35.4 Å². The number of rotatable bonds is 14. The van der Waals surface area contributed by atoms with Gasteiger partial charge in [0.15, 0.2) is 0 Å². The average molecular weight is 980 g/mol. The normalized spacial score (nSPS) is 20.4. The van der Waals surface area contributed by atoms with Gasteiger partial charge in [-0.3, -0.25) is 43.5 Å². The molecule has 4 aliphatic rings. The number of aromatic nitrogens is 5. The Morgan fingerprint density at radius 1 is 0.929 bits per heavy atom. The molecule has 1 unspecified atom stereocenters. The highest BCUT2D eigenvalue weighted by Crippen LogP contribution is 2.42. The van der Waals surface area contributed by atoms with Crippen LogP contribution >= 0.6 is 0 Å². The molecule has 3 fully saturated rings. The van der Waals surface area contributed by atoms with Crippen LogP contribution in [0.1, 0.15) is 83.9 Å². The molecule has 5 N–H and O–H groups in total. The maximum Gasteiger partial charge on any atom is 0.355 e. The summed E-state index contributed by atoms with van der Waals surface area (Å²) in [5, 5.41) is 15.8.